The van der Waals surface area contributed by atoms with E-state index in [4.69, 9.17) is 4.52 Å². The average molecular weight is 161 g/mol. The van der Waals surface area contributed by atoms with E-state index in [9.17, 15) is 0 Å². The van der Waals surface area contributed by atoms with Gasteiger partial charge in [-0.2, -0.15) is 0 Å². The Morgan fingerprint density at radius 1 is 1.33 bits per heavy atom. The Morgan fingerprint density at radius 2 is 2.08 bits per heavy atom. The molecule has 0 amide bonds. The molecule has 12 heavy (non-hydrogen) atoms. The summed E-state index contributed by atoms with van der Waals surface area (Å²) >= 11 is 0. The van der Waals surface area contributed by atoms with Crippen molar-refractivity contribution in [3.8, 4) is 0 Å². The van der Waals surface area contributed by atoms with E-state index in [2.05, 4.69) is 30.3 Å². The minimum atomic E-state index is 0.479. The zero-order valence-electron chi connectivity index (χ0n) is 7.24. The average Bonchev–Trinajstić information content (AvgIpc) is 2.28. The van der Waals surface area contributed by atoms with Crippen LogP contribution in [0.1, 0.15) is 23.9 Å². The maximum Gasteiger partial charge on any atom is 0.166 e. The monoisotopic (exact) mass is 161 g/mol. The molecule has 0 aliphatic heterocycles. The van der Waals surface area contributed by atoms with Gasteiger partial charge in [-0.25, -0.2) is 0 Å². The number of rotatable bonds is 0. The second kappa shape index (κ2) is 2.63. The molecule has 1 heterocycles. The first-order chi connectivity index (χ1) is 5.77. The molecule has 2 rings (SSSR count). The van der Waals surface area contributed by atoms with Gasteiger partial charge in [-0.15, -0.1) is 0 Å². The van der Waals surface area contributed by atoms with Crippen LogP contribution >= 0.6 is 0 Å². The van der Waals surface area contributed by atoms with E-state index in [0.29, 0.717) is 5.92 Å². The van der Waals surface area contributed by atoms with Crippen molar-refractivity contribution in [2.24, 2.45) is 5.92 Å². The van der Waals surface area contributed by atoms with Crippen LogP contribution in [0.5, 0.6) is 0 Å². The van der Waals surface area contributed by atoms with Crippen LogP contribution in [0.15, 0.2) is 16.7 Å². The van der Waals surface area contributed by atoms with E-state index in [1.54, 1.807) is 0 Å². The summed E-state index contributed by atoms with van der Waals surface area (Å²) < 4.78 is 5.13. The van der Waals surface area contributed by atoms with Gasteiger partial charge in [-0.1, -0.05) is 30.3 Å². The number of allylic oxidation sites excluding steroid dienone is 2. The van der Waals surface area contributed by atoms with E-state index < -0.39 is 0 Å². The predicted molar refractivity (Wildman–Crippen MR) is 48.5 cm³/mol. The standard InChI is InChI=1S/C10H11NO/c1-7-3-5-9-8(2)11-12-10(9)6-4-7/h3-7H,1-2H3. The third kappa shape index (κ3) is 1.09. The van der Waals surface area contributed by atoms with E-state index in [1.807, 2.05) is 13.0 Å². The lowest BCUT2D eigenvalue weighted by Crippen LogP contribution is -1.78. The fraction of sp³-hybridized carbons (Fsp3) is 0.300. The topological polar surface area (TPSA) is 26.0 Å². The van der Waals surface area contributed by atoms with Crippen LogP contribution < -0.4 is 0 Å². The Labute approximate surface area is 71.6 Å². The third-order valence-corrected chi connectivity index (χ3v) is 2.05. The highest BCUT2D eigenvalue weighted by Crippen LogP contribution is 2.21. The number of aryl methyl sites for hydroxylation is 1. The van der Waals surface area contributed by atoms with Gasteiger partial charge in [-0.05, 0) is 18.9 Å². The van der Waals surface area contributed by atoms with Gasteiger partial charge in [0, 0.05) is 5.56 Å². The molecule has 0 aromatic carbocycles. The van der Waals surface area contributed by atoms with E-state index in [0.717, 1.165) is 17.0 Å². The summed E-state index contributed by atoms with van der Waals surface area (Å²) in [6, 6.07) is 0. The maximum atomic E-state index is 5.13. The minimum absolute atomic E-state index is 0.479. The Bertz CT molecular complexity index is 347. The smallest absolute Gasteiger partial charge is 0.166 e. The SMILES string of the molecule is Cc1noc2c1C=CC(C)C=C2. The van der Waals surface area contributed by atoms with Crippen LogP contribution in [0.2, 0.25) is 0 Å². The molecule has 0 radical (unpaired) electrons. The van der Waals surface area contributed by atoms with Crippen LogP contribution in [0.25, 0.3) is 12.2 Å². The van der Waals surface area contributed by atoms with Gasteiger partial charge < -0.3 is 4.52 Å². The number of hydrogen-bond donors (Lipinski definition) is 0. The summed E-state index contributed by atoms with van der Waals surface area (Å²) in [5.41, 5.74) is 2.07. The Kier molecular flexibility index (Phi) is 1.61. The Morgan fingerprint density at radius 3 is 2.92 bits per heavy atom. The van der Waals surface area contributed by atoms with Gasteiger partial charge >= 0.3 is 0 Å². The highest BCUT2D eigenvalue weighted by molar-refractivity contribution is 5.65. The van der Waals surface area contributed by atoms with Crippen molar-refractivity contribution in [2.45, 2.75) is 13.8 Å². The summed E-state index contributed by atoms with van der Waals surface area (Å²) in [6.45, 7) is 4.10. The molecule has 1 unspecified atom stereocenters. The lowest BCUT2D eigenvalue weighted by Gasteiger charge is -1.91. The molecule has 1 aromatic rings. The van der Waals surface area contributed by atoms with Crippen molar-refractivity contribution in [2.75, 3.05) is 0 Å². The molecule has 1 atom stereocenters. The molecule has 2 nitrogen and oxygen atoms in total. The molecular weight excluding hydrogens is 150 g/mol. The van der Waals surface area contributed by atoms with Gasteiger partial charge in [-0.3, -0.25) is 0 Å². The van der Waals surface area contributed by atoms with Crippen LogP contribution in [0, 0.1) is 12.8 Å². The van der Waals surface area contributed by atoms with Crippen LogP contribution in [0.4, 0.5) is 0 Å². The van der Waals surface area contributed by atoms with Crippen LogP contribution in [-0.2, 0) is 0 Å². The van der Waals surface area contributed by atoms with Crippen molar-refractivity contribution in [1.82, 2.24) is 5.16 Å². The van der Waals surface area contributed by atoms with E-state index in [-0.39, 0.29) is 0 Å². The molecule has 62 valence electrons. The van der Waals surface area contributed by atoms with Crippen LogP contribution in [0.3, 0.4) is 0 Å². The van der Waals surface area contributed by atoms with E-state index in [1.165, 1.54) is 0 Å². The van der Waals surface area contributed by atoms with Crippen molar-refractivity contribution in [1.29, 1.82) is 0 Å². The van der Waals surface area contributed by atoms with Crippen molar-refractivity contribution in [3.63, 3.8) is 0 Å². The molecule has 2 heteroatoms. The summed E-state index contributed by atoms with van der Waals surface area (Å²) in [6.07, 6.45) is 8.31. The molecule has 1 aromatic heterocycles. The molecule has 0 spiro atoms. The normalized spacial score (nSPS) is 20.7. The molecule has 1 aliphatic carbocycles. The largest absolute Gasteiger partial charge is 0.356 e. The highest BCUT2D eigenvalue weighted by atomic mass is 16.5. The molecule has 0 bridgehead atoms. The van der Waals surface area contributed by atoms with Gasteiger partial charge in [0.05, 0.1) is 5.69 Å². The van der Waals surface area contributed by atoms with Gasteiger partial charge in [0.1, 0.15) is 0 Å². The third-order valence-electron chi connectivity index (χ3n) is 2.05. The van der Waals surface area contributed by atoms with E-state index >= 15 is 0 Å². The van der Waals surface area contributed by atoms with Gasteiger partial charge in [0.15, 0.2) is 5.76 Å². The molecule has 0 saturated heterocycles. The molecule has 1 aliphatic rings. The second-order valence-corrected chi connectivity index (χ2v) is 3.12. The first kappa shape index (κ1) is 7.35. The summed E-state index contributed by atoms with van der Waals surface area (Å²) in [4.78, 5) is 0. The molecule has 0 saturated carbocycles. The Balaban J connectivity index is 2.54. The van der Waals surface area contributed by atoms with Crippen LogP contribution in [-0.4, -0.2) is 5.16 Å². The minimum Gasteiger partial charge on any atom is -0.356 e. The fourth-order valence-electron chi connectivity index (χ4n) is 1.27. The predicted octanol–water partition coefficient (Wildman–Crippen LogP) is 2.66. The fourth-order valence-corrected chi connectivity index (χ4v) is 1.27. The summed E-state index contributed by atoms with van der Waals surface area (Å²) in [5.74, 6) is 1.35. The van der Waals surface area contributed by atoms with Crippen molar-refractivity contribution >= 4 is 12.2 Å². The lowest BCUT2D eigenvalue weighted by atomic mass is 10.1. The maximum absolute atomic E-state index is 5.13. The highest BCUT2D eigenvalue weighted by Gasteiger charge is 2.09. The Hall–Kier alpha value is -1.31. The number of aromatic nitrogens is 1. The molecular formula is C10H11NO. The molecule has 0 fully saturated rings. The van der Waals surface area contributed by atoms with Gasteiger partial charge in [0.25, 0.3) is 0 Å². The van der Waals surface area contributed by atoms with Crippen molar-refractivity contribution < 1.29 is 4.52 Å². The quantitative estimate of drug-likeness (QED) is 0.584. The second-order valence-electron chi connectivity index (χ2n) is 3.12. The van der Waals surface area contributed by atoms with Crippen molar-refractivity contribution in [3.05, 3.63) is 29.2 Å². The zero-order valence-corrected chi connectivity index (χ0v) is 7.24. The first-order valence-electron chi connectivity index (χ1n) is 4.10. The lowest BCUT2D eigenvalue weighted by molar-refractivity contribution is 0.408. The molecule has 0 N–H and O–H groups in total. The van der Waals surface area contributed by atoms with Gasteiger partial charge in [0.2, 0.25) is 0 Å². The summed E-state index contributed by atoms with van der Waals surface area (Å²) in [7, 11) is 0. The number of hydrogen-bond acceptors (Lipinski definition) is 2. The number of nitrogens with zero attached hydrogens (tertiary/aromatic N) is 1. The summed E-state index contributed by atoms with van der Waals surface area (Å²) in [5, 5.41) is 3.89. The first-order valence-corrected chi connectivity index (χ1v) is 4.10. The number of fused-ring (bicyclic) bond motifs is 1. The zero-order chi connectivity index (χ0) is 8.55.